The van der Waals surface area contributed by atoms with Crippen molar-refractivity contribution in [3.8, 4) is 16.5 Å². The second-order valence-electron chi connectivity index (χ2n) is 6.41. The number of amides is 1. The number of ether oxygens (including phenoxy) is 1. The molecule has 0 N–H and O–H groups in total. The number of piperazine rings is 1. The van der Waals surface area contributed by atoms with Gasteiger partial charge in [-0.25, -0.2) is 4.39 Å². The van der Waals surface area contributed by atoms with Crippen molar-refractivity contribution in [2.75, 3.05) is 33.3 Å². The van der Waals surface area contributed by atoms with Gasteiger partial charge in [0.2, 0.25) is 11.7 Å². The third-order valence-electron chi connectivity index (χ3n) is 4.63. The van der Waals surface area contributed by atoms with Crippen LogP contribution in [-0.2, 0) is 6.54 Å². The molecule has 28 heavy (non-hydrogen) atoms. The van der Waals surface area contributed by atoms with Gasteiger partial charge in [-0.05, 0) is 29.6 Å². The van der Waals surface area contributed by atoms with Crippen LogP contribution in [0.3, 0.4) is 0 Å². The second-order valence-corrected chi connectivity index (χ2v) is 7.35. The summed E-state index contributed by atoms with van der Waals surface area (Å²) in [4.78, 5) is 21.9. The summed E-state index contributed by atoms with van der Waals surface area (Å²) in [5.74, 6) is 0.562. The van der Waals surface area contributed by atoms with Crippen molar-refractivity contribution in [1.82, 2.24) is 19.9 Å². The minimum absolute atomic E-state index is 0.128. The first-order valence-corrected chi connectivity index (χ1v) is 9.73. The minimum Gasteiger partial charge on any atom is -0.494 e. The van der Waals surface area contributed by atoms with Gasteiger partial charge >= 0.3 is 0 Å². The van der Waals surface area contributed by atoms with Crippen molar-refractivity contribution in [1.29, 1.82) is 0 Å². The zero-order valence-electron chi connectivity index (χ0n) is 15.3. The molecule has 9 heteroatoms. The van der Waals surface area contributed by atoms with Crippen LogP contribution in [-0.4, -0.2) is 59.1 Å². The monoisotopic (exact) mass is 402 g/mol. The number of nitrogens with zero attached hydrogens (tertiary/aromatic N) is 4. The number of hydrogen-bond donors (Lipinski definition) is 0. The van der Waals surface area contributed by atoms with E-state index >= 15 is 0 Å². The third kappa shape index (κ3) is 3.90. The number of aromatic nitrogens is 2. The van der Waals surface area contributed by atoms with Gasteiger partial charge in [0.05, 0.1) is 18.5 Å². The fourth-order valence-corrected chi connectivity index (χ4v) is 3.76. The molecule has 1 fully saturated rings. The molecule has 0 bridgehead atoms. The van der Waals surface area contributed by atoms with Crippen LogP contribution in [0.4, 0.5) is 4.39 Å². The lowest BCUT2D eigenvalue weighted by Gasteiger charge is -2.34. The highest BCUT2D eigenvalue weighted by Gasteiger charge is 2.24. The molecule has 0 saturated carbocycles. The third-order valence-corrected chi connectivity index (χ3v) is 5.49. The topological polar surface area (TPSA) is 71.7 Å². The Morgan fingerprint density at radius 3 is 2.79 bits per heavy atom. The quantitative estimate of drug-likeness (QED) is 0.654. The first kappa shape index (κ1) is 18.6. The highest BCUT2D eigenvalue weighted by Crippen LogP contribution is 2.22. The Hall–Kier alpha value is -2.78. The molecule has 1 saturated heterocycles. The summed E-state index contributed by atoms with van der Waals surface area (Å²) in [6.45, 7) is 3.01. The average molecular weight is 402 g/mol. The Kier molecular flexibility index (Phi) is 5.36. The lowest BCUT2D eigenvalue weighted by Crippen LogP contribution is -2.48. The van der Waals surface area contributed by atoms with Crippen molar-refractivity contribution in [2.24, 2.45) is 0 Å². The number of thiophene rings is 1. The van der Waals surface area contributed by atoms with E-state index in [2.05, 4.69) is 15.0 Å². The van der Waals surface area contributed by atoms with E-state index in [4.69, 9.17) is 9.26 Å². The smallest absolute Gasteiger partial charge is 0.254 e. The second kappa shape index (κ2) is 8.07. The minimum atomic E-state index is -0.537. The Morgan fingerprint density at radius 2 is 2.11 bits per heavy atom. The number of carbonyl (C=O) groups is 1. The average Bonchev–Trinajstić information content (AvgIpc) is 3.40. The molecule has 3 aromatic rings. The molecule has 1 aromatic carbocycles. The van der Waals surface area contributed by atoms with Crippen LogP contribution in [0.1, 0.15) is 16.2 Å². The standard InChI is InChI=1S/C19H19FN4O3S/c1-26-15-5-4-13(11-14(15)20)19(25)24-8-6-23(7-9-24)12-17-21-18(22-27-17)16-3-2-10-28-16/h2-5,10-11H,6-9,12H2,1H3. The molecule has 4 rings (SSSR count). The number of benzene rings is 1. The highest BCUT2D eigenvalue weighted by atomic mass is 32.1. The van der Waals surface area contributed by atoms with E-state index in [0.29, 0.717) is 50.0 Å². The highest BCUT2D eigenvalue weighted by molar-refractivity contribution is 7.13. The molecule has 146 valence electrons. The number of carbonyl (C=O) groups excluding carboxylic acids is 1. The van der Waals surface area contributed by atoms with E-state index in [1.807, 2.05) is 17.5 Å². The van der Waals surface area contributed by atoms with Gasteiger partial charge in [0.25, 0.3) is 5.91 Å². The first-order valence-electron chi connectivity index (χ1n) is 8.85. The Morgan fingerprint density at radius 1 is 1.29 bits per heavy atom. The van der Waals surface area contributed by atoms with Crippen molar-refractivity contribution < 1.29 is 18.4 Å². The summed E-state index contributed by atoms with van der Waals surface area (Å²) in [5.41, 5.74) is 0.323. The van der Waals surface area contributed by atoms with Crippen LogP contribution < -0.4 is 4.74 Å². The molecule has 1 aliphatic heterocycles. The van der Waals surface area contributed by atoms with E-state index in [1.54, 1.807) is 22.3 Å². The molecule has 7 nitrogen and oxygen atoms in total. The largest absolute Gasteiger partial charge is 0.494 e. The maximum absolute atomic E-state index is 13.9. The Bertz CT molecular complexity index is 952. The van der Waals surface area contributed by atoms with Crippen LogP contribution in [0.2, 0.25) is 0 Å². The number of hydrogen-bond acceptors (Lipinski definition) is 7. The summed E-state index contributed by atoms with van der Waals surface area (Å²) in [5, 5.41) is 5.99. The van der Waals surface area contributed by atoms with Gasteiger partial charge in [-0.15, -0.1) is 11.3 Å². The summed E-state index contributed by atoms with van der Waals surface area (Å²) in [6, 6.07) is 8.17. The lowest BCUT2D eigenvalue weighted by molar-refractivity contribution is 0.0614. The molecule has 0 atom stereocenters. The molecular formula is C19H19FN4O3S. The van der Waals surface area contributed by atoms with E-state index < -0.39 is 5.82 Å². The molecule has 0 unspecified atom stereocenters. The maximum atomic E-state index is 13.9. The summed E-state index contributed by atoms with van der Waals surface area (Å²) in [6.07, 6.45) is 0. The Labute approximate surface area is 165 Å². The molecule has 0 spiro atoms. The normalized spacial score (nSPS) is 15.0. The summed E-state index contributed by atoms with van der Waals surface area (Å²) >= 11 is 1.56. The van der Waals surface area contributed by atoms with Gasteiger partial charge in [-0.3, -0.25) is 9.69 Å². The van der Waals surface area contributed by atoms with Gasteiger partial charge < -0.3 is 14.2 Å². The molecule has 1 amide bonds. The molecular weight excluding hydrogens is 383 g/mol. The number of methoxy groups -OCH3 is 1. The zero-order chi connectivity index (χ0) is 19.5. The van der Waals surface area contributed by atoms with Crippen LogP contribution >= 0.6 is 11.3 Å². The predicted octanol–water partition coefficient (Wildman–Crippen LogP) is 2.90. The predicted molar refractivity (Wildman–Crippen MR) is 102 cm³/mol. The number of rotatable bonds is 5. The van der Waals surface area contributed by atoms with Gasteiger partial charge in [-0.1, -0.05) is 11.2 Å². The van der Waals surface area contributed by atoms with E-state index in [0.717, 1.165) is 4.88 Å². The summed E-state index contributed by atoms with van der Waals surface area (Å²) < 4.78 is 24.1. The van der Waals surface area contributed by atoms with Gasteiger partial charge in [-0.2, -0.15) is 4.98 Å². The zero-order valence-corrected chi connectivity index (χ0v) is 16.1. The van der Waals surface area contributed by atoms with Gasteiger partial charge in [0.1, 0.15) is 0 Å². The van der Waals surface area contributed by atoms with Crippen LogP contribution in [0, 0.1) is 5.82 Å². The van der Waals surface area contributed by atoms with Crippen molar-refractivity contribution in [2.45, 2.75) is 6.54 Å². The maximum Gasteiger partial charge on any atom is 0.254 e. The SMILES string of the molecule is COc1ccc(C(=O)N2CCN(Cc3nc(-c4cccs4)no3)CC2)cc1F. The fraction of sp³-hybridized carbons (Fsp3) is 0.316. The lowest BCUT2D eigenvalue weighted by atomic mass is 10.1. The van der Waals surface area contributed by atoms with E-state index in [9.17, 15) is 9.18 Å². The van der Waals surface area contributed by atoms with Crippen molar-refractivity contribution >= 4 is 17.2 Å². The molecule has 0 radical (unpaired) electrons. The molecule has 2 aromatic heterocycles. The fourth-order valence-electron chi connectivity index (χ4n) is 3.11. The van der Waals surface area contributed by atoms with Crippen LogP contribution in [0.25, 0.3) is 10.7 Å². The molecule has 0 aliphatic carbocycles. The summed E-state index contributed by atoms with van der Waals surface area (Å²) in [7, 11) is 1.39. The van der Waals surface area contributed by atoms with E-state index in [1.165, 1.54) is 19.2 Å². The van der Waals surface area contributed by atoms with Gasteiger partial charge in [0, 0.05) is 31.7 Å². The molecule has 3 heterocycles. The van der Waals surface area contributed by atoms with Gasteiger partial charge in [0.15, 0.2) is 11.6 Å². The van der Waals surface area contributed by atoms with Crippen molar-refractivity contribution in [3.63, 3.8) is 0 Å². The number of halogens is 1. The Balaban J connectivity index is 1.33. The van der Waals surface area contributed by atoms with Crippen LogP contribution in [0.15, 0.2) is 40.2 Å². The first-order chi connectivity index (χ1) is 13.6. The van der Waals surface area contributed by atoms with E-state index in [-0.39, 0.29) is 11.7 Å². The molecule has 1 aliphatic rings. The van der Waals surface area contributed by atoms with Crippen LogP contribution in [0.5, 0.6) is 5.75 Å². The van der Waals surface area contributed by atoms with Crippen molar-refractivity contribution in [3.05, 3.63) is 53.0 Å².